The SMILES string of the molecule is C=C(C)[C@@](O)(CC)C(N)=O. The summed E-state index contributed by atoms with van der Waals surface area (Å²) in [5.74, 6) is -0.734. The van der Waals surface area contributed by atoms with Crippen LogP contribution < -0.4 is 5.73 Å². The molecule has 58 valence electrons. The maximum atomic E-state index is 10.6. The van der Waals surface area contributed by atoms with Gasteiger partial charge in [0.15, 0.2) is 5.60 Å². The lowest BCUT2D eigenvalue weighted by Crippen LogP contribution is -2.43. The number of primary amides is 1. The number of carbonyl (C=O) groups excluding carboxylic acids is 1. The van der Waals surface area contributed by atoms with Gasteiger partial charge in [-0.05, 0) is 18.9 Å². The number of amides is 1. The van der Waals surface area contributed by atoms with Gasteiger partial charge in [0.2, 0.25) is 0 Å². The van der Waals surface area contributed by atoms with Gasteiger partial charge in [-0.2, -0.15) is 0 Å². The van der Waals surface area contributed by atoms with Gasteiger partial charge in [-0.1, -0.05) is 13.5 Å². The summed E-state index contributed by atoms with van der Waals surface area (Å²) in [6.45, 7) is 6.73. The number of rotatable bonds is 3. The lowest BCUT2D eigenvalue weighted by Gasteiger charge is -2.22. The minimum atomic E-state index is -1.51. The van der Waals surface area contributed by atoms with Gasteiger partial charge in [-0.25, -0.2) is 0 Å². The van der Waals surface area contributed by atoms with Crippen molar-refractivity contribution in [1.82, 2.24) is 0 Å². The number of hydrogen-bond acceptors (Lipinski definition) is 2. The van der Waals surface area contributed by atoms with Crippen molar-refractivity contribution in [2.45, 2.75) is 25.9 Å². The Morgan fingerprint density at radius 2 is 2.20 bits per heavy atom. The van der Waals surface area contributed by atoms with E-state index in [9.17, 15) is 9.90 Å². The highest BCUT2D eigenvalue weighted by Gasteiger charge is 2.32. The highest BCUT2D eigenvalue weighted by molar-refractivity contribution is 5.86. The summed E-state index contributed by atoms with van der Waals surface area (Å²) >= 11 is 0. The second-order valence-corrected chi connectivity index (χ2v) is 2.36. The van der Waals surface area contributed by atoms with Crippen molar-refractivity contribution in [1.29, 1.82) is 0 Å². The van der Waals surface area contributed by atoms with Gasteiger partial charge in [0.05, 0.1) is 0 Å². The van der Waals surface area contributed by atoms with Gasteiger partial charge in [0, 0.05) is 0 Å². The predicted octanol–water partition coefficient (Wildman–Crippen LogP) is 0.189. The van der Waals surface area contributed by atoms with Crippen molar-refractivity contribution in [3.63, 3.8) is 0 Å². The maximum Gasteiger partial charge on any atom is 0.253 e. The van der Waals surface area contributed by atoms with Crippen LogP contribution in [0.3, 0.4) is 0 Å². The average Bonchev–Trinajstić information content (AvgIpc) is 1.85. The Balaban J connectivity index is 4.55. The monoisotopic (exact) mass is 143 g/mol. The van der Waals surface area contributed by atoms with Crippen molar-refractivity contribution < 1.29 is 9.90 Å². The van der Waals surface area contributed by atoms with E-state index >= 15 is 0 Å². The molecular weight excluding hydrogens is 130 g/mol. The molecule has 0 fully saturated rings. The molecule has 0 bridgehead atoms. The number of nitrogens with two attached hydrogens (primary N) is 1. The lowest BCUT2D eigenvalue weighted by molar-refractivity contribution is -0.132. The predicted molar refractivity (Wildman–Crippen MR) is 39.2 cm³/mol. The molecule has 3 N–H and O–H groups in total. The Labute approximate surface area is 60.5 Å². The normalized spacial score (nSPS) is 15.9. The molecule has 0 radical (unpaired) electrons. The van der Waals surface area contributed by atoms with Crippen LogP contribution in [-0.4, -0.2) is 16.6 Å². The third kappa shape index (κ3) is 1.36. The summed E-state index contributed by atoms with van der Waals surface area (Å²) in [7, 11) is 0. The molecule has 0 heterocycles. The molecule has 0 spiro atoms. The second kappa shape index (κ2) is 2.84. The first-order valence-corrected chi connectivity index (χ1v) is 3.13. The summed E-state index contributed by atoms with van der Waals surface area (Å²) in [6, 6.07) is 0. The number of hydrogen-bond donors (Lipinski definition) is 2. The first kappa shape index (κ1) is 9.17. The first-order chi connectivity index (χ1) is 4.45. The van der Waals surface area contributed by atoms with E-state index in [2.05, 4.69) is 6.58 Å². The molecule has 0 saturated heterocycles. The fourth-order valence-corrected chi connectivity index (χ4v) is 0.686. The summed E-state index contributed by atoms with van der Waals surface area (Å²) < 4.78 is 0. The zero-order chi connectivity index (χ0) is 8.36. The van der Waals surface area contributed by atoms with E-state index in [4.69, 9.17) is 5.73 Å². The zero-order valence-electron chi connectivity index (χ0n) is 6.35. The average molecular weight is 143 g/mol. The van der Waals surface area contributed by atoms with Crippen LogP contribution in [0.5, 0.6) is 0 Å². The molecule has 3 nitrogen and oxygen atoms in total. The smallest absolute Gasteiger partial charge is 0.253 e. The van der Waals surface area contributed by atoms with Gasteiger partial charge >= 0.3 is 0 Å². The van der Waals surface area contributed by atoms with E-state index in [-0.39, 0.29) is 6.42 Å². The van der Waals surface area contributed by atoms with Crippen LogP contribution in [-0.2, 0) is 4.79 Å². The molecule has 0 unspecified atom stereocenters. The highest BCUT2D eigenvalue weighted by Crippen LogP contribution is 2.17. The lowest BCUT2D eigenvalue weighted by atomic mass is 9.93. The van der Waals surface area contributed by atoms with E-state index in [1.165, 1.54) is 0 Å². The molecule has 3 heteroatoms. The van der Waals surface area contributed by atoms with Gasteiger partial charge in [-0.15, -0.1) is 0 Å². The van der Waals surface area contributed by atoms with Gasteiger partial charge in [0.1, 0.15) is 0 Å². The number of aliphatic hydroxyl groups is 1. The van der Waals surface area contributed by atoms with Crippen molar-refractivity contribution in [2.75, 3.05) is 0 Å². The molecule has 0 saturated carbocycles. The van der Waals surface area contributed by atoms with Crippen molar-refractivity contribution >= 4 is 5.91 Å². The minimum Gasteiger partial charge on any atom is -0.376 e. The van der Waals surface area contributed by atoms with Crippen molar-refractivity contribution in [3.8, 4) is 0 Å². The van der Waals surface area contributed by atoms with E-state index in [0.29, 0.717) is 5.57 Å². The molecule has 1 amide bonds. The topological polar surface area (TPSA) is 63.3 Å². The van der Waals surface area contributed by atoms with Gasteiger partial charge in [-0.3, -0.25) is 4.79 Å². The standard InChI is InChI=1S/C7H13NO2/c1-4-7(10,5(2)3)6(8)9/h10H,2,4H2,1,3H3,(H2,8,9)/t7-/m0/s1. The molecule has 0 aromatic rings. The molecule has 0 aromatic carbocycles. The van der Waals surface area contributed by atoms with Crippen LogP contribution in [0.4, 0.5) is 0 Å². The Bertz CT molecular complexity index is 149. The molecule has 10 heavy (non-hydrogen) atoms. The molecule has 0 aliphatic carbocycles. The van der Waals surface area contributed by atoms with E-state index in [1.54, 1.807) is 13.8 Å². The molecular formula is C7H13NO2. The van der Waals surface area contributed by atoms with E-state index in [1.807, 2.05) is 0 Å². The quantitative estimate of drug-likeness (QED) is 0.554. The van der Waals surface area contributed by atoms with Crippen molar-refractivity contribution in [2.24, 2.45) is 5.73 Å². The summed E-state index contributed by atoms with van der Waals surface area (Å²) in [5.41, 5.74) is 3.81. The van der Waals surface area contributed by atoms with Crippen LogP contribution in [0.25, 0.3) is 0 Å². The Hall–Kier alpha value is -0.830. The fraction of sp³-hybridized carbons (Fsp3) is 0.571. The molecule has 1 atom stereocenters. The zero-order valence-corrected chi connectivity index (χ0v) is 6.35. The first-order valence-electron chi connectivity index (χ1n) is 3.13. The van der Waals surface area contributed by atoms with Crippen LogP contribution in [0.2, 0.25) is 0 Å². The Morgan fingerprint density at radius 3 is 2.20 bits per heavy atom. The summed E-state index contributed by atoms with van der Waals surface area (Å²) in [4.78, 5) is 10.6. The second-order valence-electron chi connectivity index (χ2n) is 2.36. The largest absolute Gasteiger partial charge is 0.376 e. The van der Waals surface area contributed by atoms with Crippen LogP contribution >= 0.6 is 0 Å². The fourth-order valence-electron chi connectivity index (χ4n) is 0.686. The van der Waals surface area contributed by atoms with E-state index in [0.717, 1.165) is 0 Å². The van der Waals surface area contributed by atoms with Crippen LogP contribution in [0.15, 0.2) is 12.2 Å². The molecule has 0 aliphatic rings. The highest BCUT2D eigenvalue weighted by atomic mass is 16.3. The van der Waals surface area contributed by atoms with E-state index < -0.39 is 11.5 Å². The van der Waals surface area contributed by atoms with Gasteiger partial charge < -0.3 is 10.8 Å². The van der Waals surface area contributed by atoms with Crippen LogP contribution in [0, 0.1) is 0 Å². The third-order valence-electron chi connectivity index (χ3n) is 1.63. The summed E-state index contributed by atoms with van der Waals surface area (Å²) in [5, 5.41) is 9.40. The molecule has 0 aliphatic heterocycles. The van der Waals surface area contributed by atoms with Gasteiger partial charge in [0.25, 0.3) is 5.91 Å². The number of carbonyl (C=O) groups is 1. The minimum absolute atomic E-state index is 0.275. The van der Waals surface area contributed by atoms with Crippen LogP contribution in [0.1, 0.15) is 20.3 Å². The third-order valence-corrected chi connectivity index (χ3v) is 1.63. The maximum absolute atomic E-state index is 10.6. The molecule has 0 aromatic heterocycles. The molecule has 0 rings (SSSR count). The van der Waals surface area contributed by atoms with Crippen molar-refractivity contribution in [3.05, 3.63) is 12.2 Å². The Morgan fingerprint density at radius 1 is 1.80 bits per heavy atom. The Kier molecular flexibility index (Phi) is 2.60. The summed E-state index contributed by atoms with van der Waals surface area (Å²) in [6.07, 6.45) is 0.275.